The fourth-order valence-electron chi connectivity index (χ4n) is 4.83. The van der Waals surface area contributed by atoms with Crippen molar-refractivity contribution in [2.24, 2.45) is 0 Å². The maximum absolute atomic E-state index is 14.2. The minimum Gasteiger partial charge on any atom is -0.312 e. The normalized spacial score (nSPS) is 14.1. The lowest BCUT2D eigenvalue weighted by Gasteiger charge is -2.32. The summed E-state index contributed by atoms with van der Waals surface area (Å²) in [5, 5.41) is 0.528. The molecule has 0 saturated heterocycles. The van der Waals surface area contributed by atoms with Gasteiger partial charge in [-0.15, -0.1) is 0 Å². The molecule has 0 saturated carbocycles. The molecule has 3 aromatic rings. The molecule has 4 nitrogen and oxygen atoms in total. The number of benzene rings is 2. The third-order valence-electron chi connectivity index (χ3n) is 6.16. The monoisotopic (exact) mass is 490 g/mol. The van der Waals surface area contributed by atoms with Crippen molar-refractivity contribution in [3.05, 3.63) is 75.6 Å². The van der Waals surface area contributed by atoms with Crippen LogP contribution >= 0.6 is 11.6 Å². The number of nitrogens with zero attached hydrogens (tertiary/aromatic N) is 4. The quantitative estimate of drug-likeness (QED) is 0.352. The second kappa shape index (κ2) is 10.0. The van der Waals surface area contributed by atoms with E-state index in [1.54, 1.807) is 4.57 Å². The SMILES string of the molecule is CCCN(Cc1ccccc1)Cc1c(C(F)(F)F)nc2n1CCCN2c1c(C)cc(C)cc1Cl. The first kappa shape index (κ1) is 24.6. The zero-order valence-electron chi connectivity index (χ0n) is 19.8. The topological polar surface area (TPSA) is 24.3 Å². The number of hydrogen-bond acceptors (Lipinski definition) is 3. The Bertz CT molecular complexity index is 1120. The molecule has 0 aliphatic carbocycles. The van der Waals surface area contributed by atoms with Crippen LogP contribution in [0.15, 0.2) is 42.5 Å². The third-order valence-corrected chi connectivity index (χ3v) is 6.44. The lowest BCUT2D eigenvalue weighted by molar-refractivity contribution is -0.141. The highest BCUT2D eigenvalue weighted by Crippen LogP contribution is 2.41. The van der Waals surface area contributed by atoms with Gasteiger partial charge in [-0.2, -0.15) is 13.2 Å². The molecule has 1 aliphatic rings. The van der Waals surface area contributed by atoms with Crippen molar-refractivity contribution in [2.75, 3.05) is 18.0 Å². The van der Waals surface area contributed by atoms with Gasteiger partial charge in [0.15, 0.2) is 5.69 Å². The van der Waals surface area contributed by atoms with Gasteiger partial charge in [-0.1, -0.05) is 54.9 Å². The van der Waals surface area contributed by atoms with Gasteiger partial charge in [-0.25, -0.2) is 4.98 Å². The van der Waals surface area contributed by atoms with E-state index in [1.807, 2.05) is 68.1 Å². The summed E-state index contributed by atoms with van der Waals surface area (Å²) in [6, 6.07) is 13.7. The molecule has 0 atom stereocenters. The van der Waals surface area contributed by atoms with E-state index in [1.165, 1.54) is 0 Å². The third kappa shape index (κ3) is 5.10. The van der Waals surface area contributed by atoms with E-state index in [0.29, 0.717) is 43.6 Å². The first-order valence-corrected chi connectivity index (χ1v) is 12.0. The first-order valence-electron chi connectivity index (χ1n) is 11.7. The lowest BCUT2D eigenvalue weighted by atomic mass is 10.1. The molecule has 0 N–H and O–H groups in total. The van der Waals surface area contributed by atoms with E-state index < -0.39 is 11.9 Å². The highest BCUT2D eigenvalue weighted by molar-refractivity contribution is 6.33. The Labute approximate surface area is 204 Å². The molecule has 1 aliphatic heterocycles. The molecule has 4 rings (SSSR count). The van der Waals surface area contributed by atoms with E-state index >= 15 is 0 Å². The van der Waals surface area contributed by atoms with Crippen LogP contribution in [0, 0.1) is 13.8 Å². The Morgan fingerprint density at radius 2 is 1.79 bits per heavy atom. The summed E-state index contributed by atoms with van der Waals surface area (Å²) >= 11 is 6.58. The van der Waals surface area contributed by atoms with E-state index in [2.05, 4.69) is 9.88 Å². The van der Waals surface area contributed by atoms with Crippen molar-refractivity contribution in [2.45, 2.75) is 59.4 Å². The van der Waals surface area contributed by atoms with Gasteiger partial charge in [0.05, 0.1) is 16.4 Å². The van der Waals surface area contributed by atoms with E-state index in [9.17, 15) is 13.2 Å². The van der Waals surface area contributed by atoms with Crippen molar-refractivity contribution >= 4 is 23.2 Å². The molecule has 0 spiro atoms. The number of aromatic nitrogens is 2. The number of halogens is 4. The molecular formula is C26H30ClF3N4. The Morgan fingerprint density at radius 3 is 2.44 bits per heavy atom. The molecule has 0 unspecified atom stereocenters. The van der Waals surface area contributed by atoms with Crippen LogP contribution in [0.1, 0.15) is 47.8 Å². The smallest absolute Gasteiger partial charge is 0.312 e. The van der Waals surface area contributed by atoms with Crippen LogP contribution in [-0.2, 0) is 25.8 Å². The van der Waals surface area contributed by atoms with Gasteiger partial charge < -0.3 is 9.47 Å². The second-order valence-corrected chi connectivity index (χ2v) is 9.38. The predicted octanol–water partition coefficient (Wildman–Crippen LogP) is 7.13. The molecule has 0 fully saturated rings. The van der Waals surface area contributed by atoms with Crippen LogP contribution in [0.5, 0.6) is 0 Å². The van der Waals surface area contributed by atoms with Crippen LogP contribution in [0.25, 0.3) is 0 Å². The average molecular weight is 491 g/mol. The van der Waals surface area contributed by atoms with Gasteiger partial charge in [0, 0.05) is 26.2 Å². The summed E-state index contributed by atoms with van der Waals surface area (Å²) in [5.41, 5.74) is 3.16. The fraction of sp³-hybridized carbons (Fsp3) is 0.423. The largest absolute Gasteiger partial charge is 0.435 e. The highest BCUT2D eigenvalue weighted by Gasteiger charge is 2.41. The van der Waals surface area contributed by atoms with E-state index in [4.69, 9.17) is 11.6 Å². The number of fused-ring (bicyclic) bond motifs is 1. The number of anilines is 2. The number of aryl methyl sites for hydroxylation is 2. The van der Waals surface area contributed by atoms with Crippen molar-refractivity contribution < 1.29 is 13.2 Å². The summed E-state index contributed by atoms with van der Waals surface area (Å²) in [4.78, 5) is 8.10. The maximum atomic E-state index is 14.2. The van der Waals surface area contributed by atoms with Crippen LogP contribution in [-0.4, -0.2) is 27.5 Å². The standard InChI is InChI=1S/C26H30ClF3N4/c1-4-11-32(16-20-9-6-5-7-10-20)17-22-24(26(28,29)30)31-25-33(22)12-8-13-34(25)23-19(3)14-18(2)15-21(23)27/h5-7,9-10,14-15H,4,8,11-13,16-17H2,1-3H3. The summed E-state index contributed by atoms with van der Waals surface area (Å²) < 4.78 is 44.3. The van der Waals surface area contributed by atoms with Crippen LogP contribution in [0.2, 0.25) is 5.02 Å². The van der Waals surface area contributed by atoms with Gasteiger partial charge in [-0.05, 0) is 56.0 Å². The molecular weight excluding hydrogens is 461 g/mol. The van der Waals surface area contributed by atoms with Crippen LogP contribution < -0.4 is 4.90 Å². The van der Waals surface area contributed by atoms with Crippen molar-refractivity contribution in [1.29, 1.82) is 0 Å². The molecule has 182 valence electrons. The van der Waals surface area contributed by atoms with Gasteiger partial charge in [-0.3, -0.25) is 4.90 Å². The lowest BCUT2D eigenvalue weighted by Crippen LogP contribution is -2.31. The predicted molar refractivity (Wildman–Crippen MR) is 131 cm³/mol. The van der Waals surface area contributed by atoms with Crippen molar-refractivity contribution in [3.8, 4) is 0 Å². The molecule has 2 aromatic carbocycles. The Morgan fingerprint density at radius 1 is 1.06 bits per heavy atom. The van der Waals surface area contributed by atoms with Crippen LogP contribution in [0.3, 0.4) is 0 Å². The van der Waals surface area contributed by atoms with Gasteiger partial charge in [0.25, 0.3) is 0 Å². The highest BCUT2D eigenvalue weighted by atomic mass is 35.5. The Balaban J connectivity index is 1.77. The summed E-state index contributed by atoms with van der Waals surface area (Å²) in [6.07, 6.45) is -2.98. The van der Waals surface area contributed by atoms with Gasteiger partial charge in [0.2, 0.25) is 5.95 Å². The number of alkyl halides is 3. The minimum absolute atomic E-state index is 0.180. The molecule has 2 heterocycles. The van der Waals surface area contributed by atoms with Crippen molar-refractivity contribution in [3.63, 3.8) is 0 Å². The van der Waals surface area contributed by atoms with Gasteiger partial charge in [0.1, 0.15) is 0 Å². The number of rotatable bonds is 7. The van der Waals surface area contributed by atoms with Crippen molar-refractivity contribution in [1.82, 2.24) is 14.5 Å². The minimum atomic E-state index is -4.54. The molecule has 8 heteroatoms. The molecule has 0 amide bonds. The summed E-state index contributed by atoms with van der Waals surface area (Å²) in [6.45, 7) is 8.45. The Hall–Kier alpha value is -2.51. The summed E-state index contributed by atoms with van der Waals surface area (Å²) in [7, 11) is 0. The van der Waals surface area contributed by atoms with E-state index in [-0.39, 0.29) is 12.2 Å². The zero-order valence-corrected chi connectivity index (χ0v) is 20.5. The molecule has 0 radical (unpaired) electrons. The zero-order chi connectivity index (χ0) is 24.5. The van der Waals surface area contributed by atoms with Gasteiger partial charge >= 0.3 is 6.18 Å². The number of hydrogen-bond donors (Lipinski definition) is 0. The maximum Gasteiger partial charge on any atom is 0.435 e. The van der Waals surface area contributed by atoms with Crippen LogP contribution in [0.4, 0.5) is 24.8 Å². The first-order chi connectivity index (χ1) is 16.2. The summed E-state index contributed by atoms with van der Waals surface area (Å²) in [5.74, 6) is 0.318. The Kier molecular flexibility index (Phi) is 7.24. The fourth-order valence-corrected chi connectivity index (χ4v) is 5.26. The molecule has 0 bridgehead atoms. The molecule has 1 aromatic heterocycles. The van der Waals surface area contributed by atoms with E-state index in [0.717, 1.165) is 28.8 Å². The second-order valence-electron chi connectivity index (χ2n) is 8.97. The molecule has 34 heavy (non-hydrogen) atoms. The average Bonchev–Trinajstić information content (AvgIpc) is 3.14. The number of imidazole rings is 1.